The molecule has 0 saturated carbocycles. The third-order valence-electron chi connectivity index (χ3n) is 5.42. The highest BCUT2D eigenvalue weighted by molar-refractivity contribution is 5.79. The summed E-state index contributed by atoms with van der Waals surface area (Å²) in [6.45, 7) is 2.05. The Morgan fingerprint density at radius 2 is 1.93 bits per heavy atom. The number of carbonyl (C=O) groups is 1. The third-order valence-corrected chi connectivity index (χ3v) is 5.42. The number of halogens is 1. The number of anilines is 1. The van der Waals surface area contributed by atoms with Crippen molar-refractivity contribution in [1.82, 2.24) is 15.3 Å². The fraction of sp³-hybridized carbons (Fsp3) is 0.476. The molecule has 4 rings (SSSR count). The van der Waals surface area contributed by atoms with Gasteiger partial charge in [0.1, 0.15) is 5.82 Å². The fourth-order valence-electron chi connectivity index (χ4n) is 3.97. The van der Waals surface area contributed by atoms with E-state index in [1.54, 1.807) is 12.1 Å². The van der Waals surface area contributed by atoms with Crippen molar-refractivity contribution in [3.05, 3.63) is 53.1 Å². The van der Waals surface area contributed by atoms with E-state index in [2.05, 4.69) is 15.2 Å². The molecule has 1 saturated heterocycles. The van der Waals surface area contributed by atoms with Crippen LogP contribution >= 0.6 is 0 Å². The summed E-state index contributed by atoms with van der Waals surface area (Å²) in [4.78, 5) is 24.1. The number of hydrogen-bond donors (Lipinski definition) is 1. The van der Waals surface area contributed by atoms with Gasteiger partial charge in [0.15, 0.2) is 0 Å². The average Bonchev–Trinajstić information content (AvgIpc) is 2.70. The molecule has 0 radical (unpaired) electrons. The molecule has 2 aromatic rings. The van der Waals surface area contributed by atoms with Crippen LogP contribution in [-0.4, -0.2) is 29.0 Å². The van der Waals surface area contributed by atoms with Gasteiger partial charge < -0.3 is 10.2 Å². The number of amides is 1. The number of rotatable bonds is 4. The van der Waals surface area contributed by atoms with E-state index in [1.165, 1.54) is 31.4 Å². The molecule has 1 aromatic carbocycles. The third kappa shape index (κ3) is 4.26. The van der Waals surface area contributed by atoms with Gasteiger partial charge in [-0.25, -0.2) is 14.4 Å². The van der Waals surface area contributed by atoms with Crippen LogP contribution in [0.1, 0.15) is 55.0 Å². The van der Waals surface area contributed by atoms with Gasteiger partial charge in [0.2, 0.25) is 11.9 Å². The minimum atomic E-state index is -0.290. The van der Waals surface area contributed by atoms with Gasteiger partial charge >= 0.3 is 0 Å². The summed E-state index contributed by atoms with van der Waals surface area (Å²) < 4.78 is 13.0. The first-order chi connectivity index (χ1) is 13.2. The zero-order valence-electron chi connectivity index (χ0n) is 15.5. The fourth-order valence-corrected chi connectivity index (χ4v) is 3.97. The van der Waals surface area contributed by atoms with Gasteiger partial charge in [-0.15, -0.1) is 0 Å². The second-order valence-electron chi connectivity index (χ2n) is 7.44. The summed E-state index contributed by atoms with van der Waals surface area (Å²) in [6.07, 6.45) is 8.66. The normalized spacial score (nSPS) is 19.4. The van der Waals surface area contributed by atoms with E-state index in [0.717, 1.165) is 55.1 Å². The lowest BCUT2D eigenvalue weighted by Crippen LogP contribution is -2.34. The van der Waals surface area contributed by atoms with Crippen LogP contribution in [0, 0.1) is 5.82 Å². The first kappa shape index (κ1) is 17.9. The topological polar surface area (TPSA) is 58.1 Å². The van der Waals surface area contributed by atoms with Crippen molar-refractivity contribution in [2.45, 2.75) is 51.0 Å². The molecule has 1 N–H and O–H groups in total. The Morgan fingerprint density at radius 3 is 2.70 bits per heavy atom. The van der Waals surface area contributed by atoms with Crippen molar-refractivity contribution in [2.24, 2.45) is 0 Å². The molecule has 2 aliphatic rings. The van der Waals surface area contributed by atoms with Crippen molar-refractivity contribution in [3.63, 3.8) is 0 Å². The van der Waals surface area contributed by atoms with Gasteiger partial charge in [0.05, 0.1) is 18.2 Å². The number of nitrogens with one attached hydrogen (secondary N) is 1. The molecule has 1 aliphatic heterocycles. The van der Waals surface area contributed by atoms with E-state index in [9.17, 15) is 9.18 Å². The van der Waals surface area contributed by atoms with E-state index in [-0.39, 0.29) is 24.2 Å². The molecule has 1 atom stereocenters. The van der Waals surface area contributed by atoms with Crippen LogP contribution in [0.25, 0.3) is 0 Å². The van der Waals surface area contributed by atoms with Gasteiger partial charge in [-0.3, -0.25) is 4.79 Å². The van der Waals surface area contributed by atoms with E-state index in [0.29, 0.717) is 0 Å². The summed E-state index contributed by atoms with van der Waals surface area (Å²) in [5, 5.41) is 3.11. The quantitative estimate of drug-likeness (QED) is 0.899. The molecule has 1 amide bonds. The predicted octanol–water partition coefficient (Wildman–Crippen LogP) is 3.34. The Morgan fingerprint density at radius 1 is 1.15 bits per heavy atom. The highest BCUT2D eigenvalue weighted by Gasteiger charge is 2.25. The lowest BCUT2D eigenvalue weighted by molar-refractivity contribution is -0.121. The molecular formula is C21H25FN4O. The van der Waals surface area contributed by atoms with E-state index >= 15 is 0 Å². The van der Waals surface area contributed by atoms with Crippen LogP contribution in [0.4, 0.5) is 10.3 Å². The molecule has 0 spiro atoms. The highest BCUT2D eigenvalue weighted by atomic mass is 19.1. The first-order valence-electron chi connectivity index (χ1n) is 9.83. The van der Waals surface area contributed by atoms with Crippen molar-refractivity contribution >= 4 is 11.9 Å². The number of piperidine rings is 1. The molecule has 2 heterocycles. The summed E-state index contributed by atoms with van der Waals surface area (Å²) >= 11 is 0. The lowest BCUT2D eigenvalue weighted by atomic mass is 9.92. The predicted molar refractivity (Wildman–Crippen MR) is 102 cm³/mol. The van der Waals surface area contributed by atoms with Gasteiger partial charge in [-0.1, -0.05) is 12.1 Å². The molecule has 1 aliphatic carbocycles. The Balaban J connectivity index is 1.44. The van der Waals surface area contributed by atoms with Crippen molar-refractivity contribution in [3.8, 4) is 0 Å². The maximum absolute atomic E-state index is 13.0. The molecule has 1 fully saturated rings. The number of hydrogen-bond acceptors (Lipinski definition) is 4. The Kier molecular flexibility index (Phi) is 5.32. The van der Waals surface area contributed by atoms with Crippen molar-refractivity contribution in [2.75, 3.05) is 18.0 Å². The second kappa shape index (κ2) is 8.03. The smallest absolute Gasteiger partial charge is 0.225 e. The summed E-state index contributed by atoms with van der Waals surface area (Å²) in [6, 6.07) is 6.02. The average molecular weight is 368 g/mol. The van der Waals surface area contributed by atoms with Gasteiger partial charge in [-0.2, -0.15) is 0 Å². The molecule has 27 heavy (non-hydrogen) atoms. The molecule has 5 nitrogen and oxygen atoms in total. The second-order valence-corrected chi connectivity index (χ2v) is 7.44. The van der Waals surface area contributed by atoms with Crippen LogP contribution in [0.2, 0.25) is 0 Å². The van der Waals surface area contributed by atoms with Crippen LogP contribution in [-0.2, 0) is 17.6 Å². The van der Waals surface area contributed by atoms with Crippen LogP contribution in [0.15, 0.2) is 30.5 Å². The zero-order chi connectivity index (χ0) is 18.6. The van der Waals surface area contributed by atoms with Crippen molar-refractivity contribution in [1.29, 1.82) is 0 Å². The lowest BCUT2D eigenvalue weighted by Gasteiger charge is -2.29. The van der Waals surface area contributed by atoms with E-state index in [1.807, 2.05) is 6.20 Å². The van der Waals surface area contributed by atoms with Gasteiger partial charge in [0.25, 0.3) is 0 Å². The molecule has 0 unspecified atom stereocenters. The Bertz CT molecular complexity index is 802. The maximum Gasteiger partial charge on any atom is 0.225 e. The number of nitrogens with zero attached hydrogens (tertiary/aromatic N) is 3. The standard InChI is InChI=1S/C21H25FN4O/c22-16-9-7-15(8-10-16)13-20(27)24-18-5-4-6-19-17(18)14-23-21(25-19)26-11-2-1-3-12-26/h7-10,14,18H,1-6,11-13H2,(H,24,27)/t18-/m1/s1. The largest absolute Gasteiger partial charge is 0.349 e. The minimum Gasteiger partial charge on any atom is -0.349 e. The van der Waals surface area contributed by atoms with E-state index < -0.39 is 0 Å². The molecule has 6 heteroatoms. The Labute approximate surface area is 159 Å². The van der Waals surface area contributed by atoms with E-state index in [4.69, 9.17) is 4.98 Å². The van der Waals surface area contributed by atoms with Crippen molar-refractivity contribution < 1.29 is 9.18 Å². The number of benzene rings is 1. The number of aromatic nitrogens is 2. The molecule has 0 bridgehead atoms. The molecular weight excluding hydrogens is 343 g/mol. The monoisotopic (exact) mass is 368 g/mol. The number of aryl methyl sites for hydroxylation is 1. The molecule has 1 aromatic heterocycles. The highest BCUT2D eigenvalue weighted by Crippen LogP contribution is 2.29. The minimum absolute atomic E-state index is 0.0443. The number of carbonyl (C=O) groups excluding carboxylic acids is 1. The Hall–Kier alpha value is -2.50. The summed E-state index contributed by atoms with van der Waals surface area (Å²) in [5.74, 6) is 0.480. The summed E-state index contributed by atoms with van der Waals surface area (Å²) in [7, 11) is 0. The SMILES string of the molecule is O=C(Cc1ccc(F)cc1)N[C@@H]1CCCc2nc(N3CCCCC3)ncc21. The maximum atomic E-state index is 13.0. The van der Waals surface area contributed by atoms with Crippen LogP contribution in [0.5, 0.6) is 0 Å². The van der Waals surface area contributed by atoms with Crippen LogP contribution < -0.4 is 10.2 Å². The molecule has 142 valence electrons. The van der Waals surface area contributed by atoms with Gasteiger partial charge in [-0.05, 0) is 56.2 Å². The summed E-state index contributed by atoms with van der Waals surface area (Å²) in [5.41, 5.74) is 2.90. The van der Waals surface area contributed by atoms with Gasteiger partial charge in [0, 0.05) is 24.8 Å². The van der Waals surface area contributed by atoms with Crippen LogP contribution in [0.3, 0.4) is 0 Å². The number of fused-ring (bicyclic) bond motifs is 1. The first-order valence-corrected chi connectivity index (χ1v) is 9.83. The zero-order valence-corrected chi connectivity index (χ0v) is 15.5.